The van der Waals surface area contributed by atoms with Gasteiger partial charge in [0.1, 0.15) is 5.76 Å². The highest BCUT2D eigenvalue weighted by atomic mass is 32.1. The van der Waals surface area contributed by atoms with E-state index in [2.05, 4.69) is 10.2 Å². The van der Waals surface area contributed by atoms with E-state index in [4.69, 9.17) is 4.42 Å². The van der Waals surface area contributed by atoms with Gasteiger partial charge < -0.3 is 19.5 Å². The van der Waals surface area contributed by atoms with Gasteiger partial charge in [0, 0.05) is 43.6 Å². The van der Waals surface area contributed by atoms with Gasteiger partial charge in [-0.1, -0.05) is 6.07 Å². The van der Waals surface area contributed by atoms with Crippen LogP contribution in [-0.4, -0.2) is 42.9 Å². The van der Waals surface area contributed by atoms with Gasteiger partial charge >= 0.3 is 0 Å². The van der Waals surface area contributed by atoms with Crippen LogP contribution in [-0.2, 0) is 4.79 Å². The van der Waals surface area contributed by atoms with Crippen LogP contribution < -0.4 is 10.2 Å². The first-order valence-corrected chi connectivity index (χ1v) is 10.3. The Bertz CT molecular complexity index is 971. The molecule has 4 rings (SSSR count). The number of nitrogens with zero attached hydrogens (tertiary/aromatic N) is 2. The average molecular weight is 407 g/mol. The van der Waals surface area contributed by atoms with Crippen LogP contribution >= 0.6 is 11.3 Å². The Morgan fingerprint density at radius 2 is 1.79 bits per heavy atom. The molecule has 0 saturated carbocycles. The van der Waals surface area contributed by atoms with Crippen molar-refractivity contribution >= 4 is 40.6 Å². The molecule has 0 atom stereocenters. The lowest BCUT2D eigenvalue weighted by molar-refractivity contribution is -0.111. The van der Waals surface area contributed by atoms with Crippen LogP contribution in [0.25, 0.3) is 6.08 Å². The molecule has 3 heterocycles. The van der Waals surface area contributed by atoms with Crippen molar-refractivity contribution in [3.8, 4) is 0 Å². The van der Waals surface area contributed by atoms with Gasteiger partial charge in [-0.05, 0) is 53.9 Å². The molecule has 0 radical (unpaired) electrons. The Hall–Kier alpha value is -3.32. The third-order valence-electron chi connectivity index (χ3n) is 4.74. The number of rotatable bonds is 5. The highest BCUT2D eigenvalue weighted by molar-refractivity contribution is 7.12. The number of furan rings is 1. The highest BCUT2D eigenvalue weighted by Gasteiger charge is 2.22. The molecule has 7 heteroatoms. The van der Waals surface area contributed by atoms with Gasteiger partial charge in [0.2, 0.25) is 5.91 Å². The number of thiophene rings is 1. The zero-order valence-corrected chi connectivity index (χ0v) is 16.6. The van der Waals surface area contributed by atoms with Gasteiger partial charge in [-0.25, -0.2) is 0 Å². The molecule has 0 aliphatic carbocycles. The van der Waals surface area contributed by atoms with Crippen LogP contribution in [0.2, 0.25) is 0 Å². The number of amides is 2. The maximum absolute atomic E-state index is 12.4. The largest absolute Gasteiger partial charge is 0.465 e. The van der Waals surface area contributed by atoms with E-state index in [0.29, 0.717) is 18.8 Å². The number of anilines is 2. The molecule has 1 aromatic carbocycles. The minimum absolute atomic E-state index is 0.111. The van der Waals surface area contributed by atoms with E-state index >= 15 is 0 Å². The second kappa shape index (κ2) is 8.79. The molecule has 0 unspecified atom stereocenters. The predicted octanol–water partition coefficient (Wildman–Crippen LogP) is 3.96. The van der Waals surface area contributed by atoms with E-state index in [1.54, 1.807) is 24.5 Å². The summed E-state index contributed by atoms with van der Waals surface area (Å²) >= 11 is 1.48. The minimum atomic E-state index is -0.213. The molecule has 1 aliphatic rings. The molecule has 1 fully saturated rings. The molecule has 148 valence electrons. The average Bonchev–Trinajstić information content (AvgIpc) is 3.47. The summed E-state index contributed by atoms with van der Waals surface area (Å²) in [6, 6.07) is 15.1. The zero-order chi connectivity index (χ0) is 20.1. The van der Waals surface area contributed by atoms with Crippen LogP contribution in [0.3, 0.4) is 0 Å². The number of hydrogen-bond donors (Lipinski definition) is 1. The summed E-state index contributed by atoms with van der Waals surface area (Å²) in [5.74, 6) is 0.530. The molecular formula is C22H21N3O3S. The Balaban J connectivity index is 1.29. The molecular weight excluding hydrogens is 386 g/mol. The van der Waals surface area contributed by atoms with Gasteiger partial charge in [0.15, 0.2) is 0 Å². The first-order chi connectivity index (χ1) is 14.2. The van der Waals surface area contributed by atoms with Gasteiger partial charge in [0.05, 0.1) is 11.1 Å². The molecule has 2 amide bonds. The monoisotopic (exact) mass is 407 g/mol. The van der Waals surface area contributed by atoms with E-state index in [-0.39, 0.29) is 11.8 Å². The van der Waals surface area contributed by atoms with Crippen molar-refractivity contribution in [2.45, 2.75) is 0 Å². The van der Waals surface area contributed by atoms with Crippen molar-refractivity contribution in [3.05, 3.63) is 76.9 Å². The number of piperazine rings is 1. The van der Waals surface area contributed by atoms with E-state index < -0.39 is 0 Å². The van der Waals surface area contributed by atoms with Gasteiger partial charge in [-0.3, -0.25) is 9.59 Å². The standard InChI is InChI=1S/C22H21N3O3S/c26-21(10-9-19-3-1-15-28-19)23-17-5-7-18(8-6-17)24-11-13-25(14-12-24)22(27)20-4-2-16-29-20/h1-10,15-16H,11-14H2,(H,23,26)/b10-9+. The number of hydrogen-bond acceptors (Lipinski definition) is 5. The quantitative estimate of drug-likeness (QED) is 0.651. The molecule has 1 aliphatic heterocycles. The number of nitrogens with one attached hydrogen (secondary N) is 1. The van der Waals surface area contributed by atoms with Crippen molar-refractivity contribution in [2.75, 3.05) is 36.4 Å². The Labute approximate surface area is 173 Å². The second-order valence-corrected chi connectivity index (χ2v) is 7.59. The summed E-state index contributed by atoms with van der Waals surface area (Å²) < 4.78 is 5.16. The van der Waals surface area contributed by atoms with E-state index in [9.17, 15) is 9.59 Å². The fraction of sp³-hybridized carbons (Fsp3) is 0.182. The van der Waals surface area contributed by atoms with Crippen molar-refractivity contribution in [2.24, 2.45) is 0 Å². The predicted molar refractivity (Wildman–Crippen MR) is 115 cm³/mol. The van der Waals surface area contributed by atoms with Crippen molar-refractivity contribution in [1.82, 2.24) is 4.90 Å². The molecule has 3 aromatic rings. The third kappa shape index (κ3) is 4.75. The van der Waals surface area contributed by atoms with Crippen LogP contribution in [0.1, 0.15) is 15.4 Å². The van der Waals surface area contributed by atoms with Gasteiger partial charge in [0.25, 0.3) is 5.91 Å². The summed E-state index contributed by atoms with van der Waals surface area (Å²) in [4.78, 5) is 29.4. The van der Waals surface area contributed by atoms with E-state index in [0.717, 1.165) is 29.3 Å². The Kier molecular flexibility index (Phi) is 5.76. The normalized spacial score (nSPS) is 14.3. The molecule has 2 aromatic heterocycles. The third-order valence-corrected chi connectivity index (χ3v) is 5.60. The fourth-order valence-electron chi connectivity index (χ4n) is 3.21. The summed E-state index contributed by atoms with van der Waals surface area (Å²) in [6.45, 7) is 2.98. The minimum Gasteiger partial charge on any atom is -0.465 e. The molecule has 0 spiro atoms. The maximum atomic E-state index is 12.4. The second-order valence-electron chi connectivity index (χ2n) is 6.64. The fourth-order valence-corrected chi connectivity index (χ4v) is 3.90. The van der Waals surface area contributed by atoms with Crippen molar-refractivity contribution < 1.29 is 14.0 Å². The SMILES string of the molecule is O=C(/C=C/c1ccco1)Nc1ccc(N2CCN(C(=O)c3cccs3)CC2)cc1. The lowest BCUT2D eigenvalue weighted by Gasteiger charge is -2.36. The lowest BCUT2D eigenvalue weighted by atomic mass is 10.2. The topological polar surface area (TPSA) is 65.8 Å². The molecule has 6 nitrogen and oxygen atoms in total. The molecule has 1 N–H and O–H groups in total. The summed E-state index contributed by atoms with van der Waals surface area (Å²) in [7, 11) is 0. The van der Waals surface area contributed by atoms with E-state index in [1.807, 2.05) is 46.7 Å². The summed E-state index contributed by atoms with van der Waals surface area (Å²) in [5, 5.41) is 4.76. The highest BCUT2D eigenvalue weighted by Crippen LogP contribution is 2.21. The number of carbonyl (C=O) groups excluding carboxylic acids is 2. The van der Waals surface area contributed by atoms with Crippen molar-refractivity contribution in [1.29, 1.82) is 0 Å². The molecule has 1 saturated heterocycles. The summed E-state index contributed by atoms with van der Waals surface area (Å²) in [6.07, 6.45) is 4.63. The Morgan fingerprint density at radius 3 is 2.45 bits per heavy atom. The first kappa shape index (κ1) is 19.0. The zero-order valence-electron chi connectivity index (χ0n) is 15.8. The van der Waals surface area contributed by atoms with E-state index in [1.165, 1.54) is 17.4 Å². The van der Waals surface area contributed by atoms with Gasteiger partial charge in [-0.15, -0.1) is 11.3 Å². The van der Waals surface area contributed by atoms with Crippen LogP contribution in [0.15, 0.2) is 70.7 Å². The molecule has 29 heavy (non-hydrogen) atoms. The van der Waals surface area contributed by atoms with Crippen LogP contribution in [0.4, 0.5) is 11.4 Å². The smallest absolute Gasteiger partial charge is 0.264 e. The van der Waals surface area contributed by atoms with Crippen molar-refractivity contribution in [3.63, 3.8) is 0 Å². The van der Waals surface area contributed by atoms with Crippen LogP contribution in [0.5, 0.6) is 0 Å². The Morgan fingerprint density at radius 1 is 1.00 bits per heavy atom. The molecule has 0 bridgehead atoms. The van der Waals surface area contributed by atoms with Gasteiger partial charge in [-0.2, -0.15) is 0 Å². The maximum Gasteiger partial charge on any atom is 0.264 e. The van der Waals surface area contributed by atoms with Crippen LogP contribution in [0, 0.1) is 0 Å². The summed E-state index contributed by atoms with van der Waals surface area (Å²) in [5.41, 5.74) is 1.81. The number of carbonyl (C=O) groups is 2. The first-order valence-electron chi connectivity index (χ1n) is 9.39. The lowest BCUT2D eigenvalue weighted by Crippen LogP contribution is -2.48. The number of benzene rings is 1.